The van der Waals surface area contributed by atoms with Gasteiger partial charge in [0, 0.05) is 23.3 Å². The van der Waals surface area contributed by atoms with Gasteiger partial charge in [-0.15, -0.1) is 0 Å². The number of fused-ring (bicyclic) bond motifs is 1. The van der Waals surface area contributed by atoms with E-state index in [1.54, 1.807) is 18.5 Å². The van der Waals surface area contributed by atoms with Crippen LogP contribution in [0.3, 0.4) is 0 Å². The third-order valence-corrected chi connectivity index (χ3v) is 7.07. The van der Waals surface area contributed by atoms with E-state index in [0.717, 1.165) is 31.2 Å². The van der Waals surface area contributed by atoms with Crippen molar-refractivity contribution >= 4 is 17.0 Å². The second-order valence-corrected chi connectivity index (χ2v) is 9.12. The van der Waals surface area contributed by atoms with Crippen LogP contribution in [0.2, 0.25) is 0 Å². The summed E-state index contributed by atoms with van der Waals surface area (Å²) in [5, 5.41) is 54.5. The van der Waals surface area contributed by atoms with Gasteiger partial charge in [-0.05, 0) is 24.8 Å². The average molecular weight is 482 g/mol. The maximum Gasteiger partial charge on any atom is 0.335 e. The molecule has 12 nitrogen and oxygen atoms in total. The molecule has 3 aromatic rings. The van der Waals surface area contributed by atoms with E-state index in [1.807, 2.05) is 10.9 Å². The van der Waals surface area contributed by atoms with Crippen LogP contribution in [0.25, 0.3) is 22.3 Å². The standard InChI is InChI=1S/C23H26N6O6/c24-7-5-15(12-3-1-2-4-12)29-10-13(9-27-29)16-14-6-8-28(21(14)26-11-25-16)22-19(32)17(30)18(31)20(35-22)23(33)34/h6,8-12,15,17-20,22,30-32H,1-5H2,(H,33,34). The molecule has 0 spiro atoms. The van der Waals surface area contributed by atoms with Gasteiger partial charge >= 0.3 is 5.97 Å². The quantitative estimate of drug-likeness (QED) is 0.396. The summed E-state index contributed by atoms with van der Waals surface area (Å²) in [5.74, 6) is -1.05. The van der Waals surface area contributed by atoms with Crippen molar-refractivity contribution in [2.24, 2.45) is 5.92 Å². The van der Waals surface area contributed by atoms with E-state index in [4.69, 9.17) is 4.74 Å². The molecule has 2 fully saturated rings. The number of carbonyl (C=O) groups is 1. The smallest absolute Gasteiger partial charge is 0.335 e. The zero-order valence-electron chi connectivity index (χ0n) is 18.8. The minimum absolute atomic E-state index is 0.00942. The lowest BCUT2D eigenvalue weighted by atomic mass is 9.96. The summed E-state index contributed by atoms with van der Waals surface area (Å²) in [7, 11) is 0. The lowest BCUT2D eigenvalue weighted by Crippen LogP contribution is -2.57. The number of rotatable bonds is 6. The molecule has 0 amide bonds. The van der Waals surface area contributed by atoms with E-state index in [9.17, 15) is 30.5 Å². The minimum atomic E-state index is -1.78. The summed E-state index contributed by atoms with van der Waals surface area (Å²) in [5.41, 5.74) is 1.65. The molecule has 6 atom stereocenters. The molecule has 5 rings (SSSR count). The molecule has 184 valence electrons. The molecule has 0 bridgehead atoms. The van der Waals surface area contributed by atoms with Crippen molar-refractivity contribution in [3.8, 4) is 17.3 Å². The Hall–Kier alpha value is -3.37. The molecular weight excluding hydrogens is 456 g/mol. The van der Waals surface area contributed by atoms with Crippen LogP contribution in [-0.2, 0) is 9.53 Å². The Morgan fingerprint density at radius 2 is 1.97 bits per heavy atom. The Morgan fingerprint density at radius 3 is 2.69 bits per heavy atom. The van der Waals surface area contributed by atoms with Crippen LogP contribution >= 0.6 is 0 Å². The van der Waals surface area contributed by atoms with Crippen molar-refractivity contribution in [1.82, 2.24) is 24.3 Å². The van der Waals surface area contributed by atoms with Gasteiger partial charge in [-0.25, -0.2) is 14.8 Å². The van der Waals surface area contributed by atoms with Crippen LogP contribution in [0.4, 0.5) is 0 Å². The van der Waals surface area contributed by atoms with Gasteiger partial charge in [0.1, 0.15) is 30.3 Å². The van der Waals surface area contributed by atoms with Crippen LogP contribution in [0.1, 0.15) is 44.4 Å². The highest BCUT2D eigenvalue weighted by molar-refractivity contribution is 5.90. The molecule has 1 saturated carbocycles. The highest BCUT2D eigenvalue weighted by Gasteiger charge is 2.48. The van der Waals surface area contributed by atoms with Gasteiger partial charge in [0.2, 0.25) is 0 Å². The third-order valence-electron chi connectivity index (χ3n) is 7.07. The van der Waals surface area contributed by atoms with Crippen molar-refractivity contribution in [3.05, 3.63) is 31.0 Å². The highest BCUT2D eigenvalue weighted by Crippen LogP contribution is 2.37. The molecule has 0 aromatic carbocycles. The van der Waals surface area contributed by atoms with E-state index >= 15 is 0 Å². The average Bonchev–Trinajstić information content (AvgIpc) is 3.62. The maximum absolute atomic E-state index is 11.5. The van der Waals surface area contributed by atoms with Gasteiger partial charge < -0.3 is 29.7 Å². The van der Waals surface area contributed by atoms with Gasteiger partial charge in [-0.1, -0.05) is 12.8 Å². The zero-order chi connectivity index (χ0) is 24.7. The number of ether oxygens (including phenoxy) is 1. The van der Waals surface area contributed by atoms with Crippen molar-refractivity contribution in [2.75, 3.05) is 0 Å². The van der Waals surface area contributed by atoms with Crippen LogP contribution in [-0.4, -0.2) is 75.1 Å². The SMILES string of the molecule is N#CCC(C1CCCC1)n1cc(-c2ncnc3c2ccn3C2OC(C(=O)O)C(O)C(O)C2O)cn1. The number of aliphatic carboxylic acids is 1. The zero-order valence-corrected chi connectivity index (χ0v) is 18.8. The number of nitriles is 1. The summed E-state index contributed by atoms with van der Waals surface area (Å²) in [6, 6.07) is 3.97. The fourth-order valence-electron chi connectivity index (χ4n) is 5.26. The van der Waals surface area contributed by atoms with E-state index in [1.165, 1.54) is 10.9 Å². The normalized spacial score (nSPS) is 28.2. The Labute approximate surface area is 200 Å². The Bertz CT molecular complexity index is 1260. The number of hydrogen-bond donors (Lipinski definition) is 4. The van der Waals surface area contributed by atoms with Gasteiger partial charge in [-0.3, -0.25) is 4.68 Å². The summed E-state index contributed by atoms with van der Waals surface area (Å²) in [4.78, 5) is 20.2. The Morgan fingerprint density at radius 1 is 1.20 bits per heavy atom. The molecule has 35 heavy (non-hydrogen) atoms. The molecule has 1 aliphatic carbocycles. The predicted octanol–water partition coefficient (Wildman–Crippen LogP) is 1.00. The maximum atomic E-state index is 11.5. The first-order valence-electron chi connectivity index (χ1n) is 11.6. The first-order valence-corrected chi connectivity index (χ1v) is 11.6. The highest BCUT2D eigenvalue weighted by atomic mass is 16.6. The van der Waals surface area contributed by atoms with Gasteiger partial charge in [0.25, 0.3) is 0 Å². The number of carboxylic acids is 1. The number of carboxylic acid groups (broad SMARTS) is 1. The third kappa shape index (κ3) is 4.06. The Kier molecular flexibility index (Phi) is 6.24. The largest absolute Gasteiger partial charge is 0.479 e. The number of aliphatic hydroxyl groups is 3. The first kappa shape index (κ1) is 23.4. The molecule has 2 aliphatic rings. The first-order chi connectivity index (χ1) is 16.9. The van der Waals surface area contributed by atoms with E-state index < -0.39 is 36.6 Å². The number of aliphatic hydroxyl groups excluding tert-OH is 3. The summed E-state index contributed by atoms with van der Waals surface area (Å²) < 4.78 is 8.71. The lowest BCUT2D eigenvalue weighted by molar-refractivity contribution is -0.245. The minimum Gasteiger partial charge on any atom is -0.479 e. The number of hydrogen-bond acceptors (Lipinski definition) is 9. The summed E-state index contributed by atoms with van der Waals surface area (Å²) >= 11 is 0. The van der Waals surface area contributed by atoms with Crippen LogP contribution in [0.15, 0.2) is 31.0 Å². The van der Waals surface area contributed by atoms with Crippen LogP contribution < -0.4 is 0 Å². The molecule has 12 heteroatoms. The fourth-order valence-corrected chi connectivity index (χ4v) is 5.26. The molecule has 4 heterocycles. The predicted molar refractivity (Wildman–Crippen MR) is 120 cm³/mol. The van der Waals surface area contributed by atoms with E-state index in [2.05, 4.69) is 21.1 Å². The van der Waals surface area contributed by atoms with E-state index in [-0.39, 0.29) is 6.04 Å². The molecule has 4 N–H and O–H groups in total. The summed E-state index contributed by atoms with van der Waals surface area (Å²) in [6.45, 7) is 0. The number of aromatic nitrogens is 5. The van der Waals surface area contributed by atoms with Crippen molar-refractivity contribution < 1.29 is 30.0 Å². The monoisotopic (exact) mass is 482 g/mol. The molecule has 3 aromatic heterocycles. The molecule has 6 unspecified atom stereocenters. The van der Waals surface area contributed by atoms with Crippen molar-refractivity contribution in [1.29, 1.82) is 5.26 Å². The van der Waals surface area contributed by atoms with Crippen molar-refractivity contribution in [2.45, 2.75) is 68.8 Å². The Balaban J connectivity index is 1.49. The number of nitrogens with zero attached hydrogens (tertiary/aromatic N) is 6. The van der Waals surface area contributed by atoms with Gasteiger partial charge in [0.05, 0.1) is 30.4 Å². The van der Waals surface area contributed by atoms with E-state index in [0.29, 0.717) is 29.1 Å². The molecule has 0 radical (unpaired) electrons. The van der Waals surface area contributed by atoms with Gasteiger partial charge in [0.15, 0.2) is 12.3 Å². The lowest BCUT2D eigenvalue weighted by Gasteiger charge is -2.39. The molecule has 1 aliphatic heterocycles. The van der Waals surface area contributed by atoms with Crippen molar-refractivity contribution in [3.63, 3.8) is 0 Å². The molecular formula is C23H26N6O6. The van der Waals surface area contributed by atoms with Crippen LogP contribution in [0.5, 0.6) is 0 Å². The van der Waals surface area contributed by atoms with Crippen LogP contribution in [0, 0.1) is 17.2 Å². The van der Waals surface area contributed by atoms with Gasteiger partial charge in [-0.2, -0.15) is 10.4 Å². The second-order valence-electron chi connectivity index (χ2n) is 9.12. The fraction of sp³-hybridized carbons (Fsp3) is 0.522. The topological polar surface area (TPSA) is 180 Å². The second kappa shape index (κ2) is 9.35. The summed E-state index contributed by atoms with van der Waals surface area (Å²) in [6.07, 6.45) is 3.18. The molecule has 1 saturated heterocycles.